The van der Waals surface area contributed by atoms with Gasteiger partial charge in [0.15, 0.2) is 11.0 Å². The van der Waals surface area contributed by atoms with Gasteiger partial charge >= 0.3 is 0 Å². The average molecular weight is 567 g/mol. The Morgan fingerprint density at radius 2 is 1.50 bits per heavy atom. The summed E-state index contributed by atoms with van der Waals surface area (Å²) in [5.74, 6) is -1.13. The summed E-state index contributed by atoms with van der Waals surface area (Å²) in [6.45, 7) is 0.241. The predicted octanol–water partition coefficient (Wildman–Crippen LogP) is 6.55. The topological polar surface area (TPSA) is 70.8 Å². The summed E-state index contributed by atoms with van der Waals surface area (Å²) in [6, 6.07) is 28.6. The van der Waals surface area contributed by atoms with Gasteiger partial charge in [0.2, 0.25) is 5.76 Å². The molecule has 40 heavy (non-hydrogen) atoms. The minimum Gasteiger partial charge on any atom is -0.450 e. The van der Waals surface area contributed by atoms with Gasteiger partial charge in [0.25, 0.3) is 11.8 Å². The second-order valence-corrected chi connectivity index (χ2v) is 10.7. The molecule has 3 heterocycles. The molecule has 0 saturated heterocycles. The van der Waals surface area contributed by atoms with E-state index in [-0.39, 0.29) is 35.4 Å². The number of hydrogen-bond acceptors (Lipinski definition) is 4. The molecule has 0 saturated carbocycles. The second-order valence-electron chi connectivity index (χ2n) is 9.86. The van der Waals surface area contributed by atoms with Gasteiger partial charge in [-0.15, -0.1) is 0 Å². The molecule has 1 unspecified atom stereocenters. The minimum atomic E-state index is -1.76. The first-order valence-electron chi connectivity index (χ1n) is 12.7. The molecule has 7 rings (SSSR count). The predicted molar refractivity (Wildman–Crippen MR) is 154 cm³/mol. The Labute approximate surface area is 239 Å². The number of carbonyl (C=O) groups excluding carboxylic acids is 2. The highest BCUT2D eigenvalue weighted by atomic mass is 35.5. The highest BCUT2D eigenvalue weighted by Crippen LogP contribution is 2.53. The van der Waals surface area contributed by atoms with Crippen molar-refractivity contribution in [1.82, 2.24) is 4.90 Å². The monoisotopic (exact) mass is 566 g/mol. The largest absolute Gasteiger partial charge is 0.450 e. The third kappa shape index (κ3) is 3.39. The summed E-state index contributed by atoms with van der Waals surface area (Å²) < 4.78 is 6.10. The molecule has 1 atom stereocenters. The van der Waals surface area contributed by atoms with Crippen LogP contribution < -0.4 is 10.3 Å². The van der Waals surface area contributed by atoms with Gasteiger partial charge in [-0.1, -0.05) is 89.9 Å². The summed E-state index contributed by atoms with van der Waals surface area (Å²) in [4.78, 5) is 46.4. The zero-order valence-electron chi connectivity index (χ0n) is 20.9. The molecular formula is C32H20Cl2N2O4. The Morgan fingerprint density at radius 1 is 0.775 bits per heavy atom. The lowest BCUT2D eigenvalue weighted by Crippen LogP contribution is -2.53. The molecule has 0 fully saturated rings. The zero-order chi connectivity index (χ0) is 27.6. The molecule has 1 aromatic heterocycles. The van der Waals surface area contributed by atoms with E-state index in [2.05, 4.69) is 0 Å². The van der Waals surface area contributed by atoms with Crippen molar-refractivity contribution in [2.24, 2.45) is 0 Å². The van der Waals surface area contributed by atoms with E-state index >= 15 is 0 Å². The van der Waals surface area contributed by atoms with Crippen LogP contribution in [0.3, 0.4) is 0 Å². The van der Waals surface area contributed by atoms with Crippen molar-refractivity contribution in [1.29, 1.82) is 0 Å². The third-order valence-electron chi connectivity index (χ3n) is 7.67. The quantitative estimate of drug-likeness (QED) is 0.247. The number of benzene rings is 4. The molecule has 6 nitrogen and oxygen atoms in total. The van der Waals surface area contributed by atoms with Crippen molar-refractivity contribution in [2.45, 2.75) is 18.6 Å². The Morgan fingerprint density at radius 3 is 2.30 bits per heavy atom. The maximum atomic E-state index is 14.8. The van der Waals surface area contributed by atoms with E-state index in [1.54, 1.807) is 47.4 Å². The fourth-order valence-electron chi connectivity index (χ4n) is 5.90. The van der Waals surface area contributed by atoms with Crippen LogP contribution >= 0.6 is 23.2 Å². The van der Waals surface area contributed by atoms with Gasteiger partial charge in [0, 0.05) is 22.2 Å². The van der Waals surface area contributed by atoms with E-state index < -0.39 is 22.8 Å². The lowest BCUT2D eigenvalue weighted by atomic mass is 9.83. The fraction of sp³-hybridized carbons (Fsp3) is 0.0938. The number of hydrogen-bond donors (Lipinski definition) is 0. The summed E-state index contributed by atoms with van der Waals surface area (Å²) >= 11 is 12.8. The first-order chi connectivity index (χ1) is 19.4. The number of amides is 2. The van der Waals surface area contributed by atoms with Crippen LogP contribution in [0.2, 0.25) is 10.0 Å². The standard InChI is InChI=1S/C32H20Cl2N2O4/c33-21-14-15-26-22(16-21)28(37)27-29(40-26)30(38)36(18-20-10-4-6-12-24(20)34)32(27)23-11-5-7-13-25(23)35(31(32)39)17-19-8-2-1-3-9-19/h1-16H,17-18H2. The van der Waals surface area contributed by atoms with Gasteiger partial charge in [0.1, 0.15) is 5.58 Å². The molecule has 8 heteroatoms. The van der Waals surface area contributed by atoms with Crippen LogP contribution in [-0.4, -0.2) is 16.7 Å². The average Bonchev–Trinajstić information content (AvgIpc) is 3.35. The van der Waals surface area contributed by atoms with E-state index in [1.807, 2.05) is 48.5 Å². The summed E-state index contributed by atoms with van der Waals surface area (Å²) in [5, 5.41) is 0.984. The van der Waals surface area contributed by atoms with Crippen LogP contribution in [0.25, 0.3) is 11.0 Å². The first-order valence-corrected chi connectivity index (χ1v) is 13.4. The van der Waals surface area contributed by atoms with Crippen LogP contribution in [0.15, 0.2) is 106 Å². The molecule has 196 valence electrons. The Bertz CT molecular complexity index is 1920. The number of halogens is 2. The van der Waals surface area contributed by atoms with Gasteiger partial charge < -0.3 is 14.2 Å². The summed E-state index contributed by atoms with van der Waals surface area (Å²) in [7, 11) is 0. The Hall–Kier alpha value is -4.39. The SMILES string of the molecule is O=C1c2oc3ccc(Cl)cc3c(=O)c2C2(C(=O)N(Cc3ccccc3)c3ccccc32)N1Cc1ccccc1Cl. The molecule has 2 aliphatic heterocycles. The van der Waals surface area contributed by atoms with Crippen molar-refractivity contribution in [2.75, 3.05) is 4.90 Å². The lowest BCUT2D eigenvalue weighted by Gasteiger charge is -2.34. The van der Waals surface area contributed by atoms with Gasteiger partial charge in [-0.25, -0.2) is 0 Å². The highest BCUT2D eigenvalue weighted by molar-refractivity contribution is 6.31. The van der Waals surface area contributed by atoms with Crippen LogP contribution in [0, 0.1) is 0 Å². The summed E-state index contributed by atoms with van der Waals surface area (Å²) in [5.41, 5.74) is 0.671. The summed E-state index contributed by atoms with van der Waals surface area (Å²) in [6.07, 6.45) is 0. The molecule has 0 radical (unpaired) electrons. The lowest BCUT2D eigenvalue weighted by molar-refractivity contribution is -0.126. The molecule has 2 aliphatic rings. The minimum absolute atomic E-state index is 0.00710. The fourth-order valence-corrected chi connectivity index (χ4v) is 6.27. The molecular weight excluding hydrogens is 547 g/mol. The van der Waals surface area contributed by atoms with Gasteiger partial charge in [-0.3, -0.25) is 14.4 Å². The van der Waals surface area contributed by atoms with Gasteiger partial charge in [0.05, 0.1) is 23.2 Å². The van der Waals surface area contributed by atoms with Crippen LogP contribution in [0.5, 0.6) is 0 Å². The van der Waals surface area contributed by atoms with E-state index in [0.717, 1.165) is 5.56 Å². The number of fused-ring (bicyclic) bond motifs is 5. The zero-order valence-corrected chi connectivity index (χ0v) is 22.4. The number of anilines is 1. The highest BCUT2D eigenvalue weighted by Gasteiger charge is 2.65. The van der Waals surface area contributed by atoms with E-state index in [9.17, 15) is 14.4 Å². The molecule has 1 spiro atoms. The maximum Gasteiger partial charge on any atom is 0.291 e. The van der Waals surface area contributed by atoms with Crippen molar-refractivity contribution >= 4 is 51.7 Å². The van der Waals surface area contributed by atoms with E-state index in [4.69, 9.17) is 27.6 Å². The molecule has 4 aromatic carbocycles. The molecule has 0 aliphatic carbocycles. The van der Waals surface area contributed by atoms with E-state index in [0.29, 0.717) is 26.9 Å². The van der Waals surface area contributed by atoms with Crippen LogP contribution in [-0.2, 0) is 23.4 Å². The van der Waals surface area contributed by atoms with Crippen molar-refractivity contribution < 1.29 is 14.0 Å². The van der Waals surface area contributed by atoms with Crippen LogP contribution in [0.4, 0.5) is 5.69 Å². The van der Waals surface area contributed by atoms with Crippen molar-refractivity contribution in [3.8, 4) is 0 Å². The number of nitrogens with zero attached hydrogens (tertiary/aromatic N) is 2. The smallest absolute Gasteiger partial charge is 0.291 e. The molecule has 0 N–H and O–H groups in total. The molecule has 2 amide bonds. The normalized spacial score (nSPS) is 17.6. The van der Waals surface area contributed by atoms with Crippen molar-refractivity contribution in [3.63, 3.8) is 0 Å². The third-order valence-corrected chi connectivity index (χ3v) is 8.27. The second kappa shape index (κ2) is 9.08. The van der Waals surface area contributed by atoms with Crippen molar-refractivity contribution in [3.05, 3.63) is 145 Å². The van der Waals surface area contributed by atoms with E-state index in [1.165, 1.54) is 11.0 Å². The molecule has 5 aromatic rings. The van der Waals surface area contributed by atoms with Gasteiger partial charge in [-0.05, 0) is 41.5 Å². The Kier molecular flexibility index (Phi) is 5.59. The number of para-hydroxylation sites is 1. The Balaban J connectivity index is 1.53. The number of carbonyl (C=O) groups is 2. The first kappa shape index (κ1) is 24.6. The molecule has 0 bridgehead atoms. The number of rotatable bonds is 4. The maximum absolute atomic E-state index is 14.8. The van der Waals surface area contributed by atoms with Gasteiger partial charge in [-0.2, -0.15) is 0 Å². The van der Waals surface area contributed by atoms with Crippen LogP contribution in [0.1, 0.15) is 32.8 Å².